The van der Waals surface area contributed by atoms with E-state index < -0.39 is 0 Å². The van der Waals surface area contributed by atoms with Crippen LogP contribution in [-0.2, 0) is 7.05 Å². The molecule has 0 aliphatic rings. The molecule has 19 heavy (non-hydrogen) atoms. The second-order valence-corrected chi connectivity index (χ2v) is 5.64. The summed E-state index contributed by atoms with van der Waals surface area (Å²) in [5, 5.41) is 7.03. The van der Waals surface area contributed by atoms with E-state index in [0.717, 1.165) is 5.56 Å². The van der Waals surface area contributed by atoms with Gasteiger partial charge in [0.2, 0.25) is 0 Å². The molecule has 0 radical (unpaired) electrons. The molecule has 1 aromatic heterocycles. The normalized spacial score (nSPS) is 12.6. The van der Waals surface area contributed by atoms with Crippen molar-refractivity contribution in [2.24, 2.45) is 12.8 Å². The summed E-state index contributed by atoms with van der Waals surface area (Å²) in [6.07, 6.45) is 0. The lowest BCUT2D eigenvalue weighted by Gasteiger charge is -2.14. The highest BCUT2D eigenvalue weighted by molar-refractivity contribution is 7.99. The second-order valence-electron chi connectivity index (χ2n) is 4.65. The van der Waals surface area contributed by atoms with Crippen LogP contribution in [0.5, 0.6) is 0 Å². The van der Waals surface area contributed by atoms with Gasteiger partial charge < -0.3 is 5.73 Å². The number of hydrogen-bond acceptors (Lipinski definition) is 4. The van der Waals surface area contributed by atoms with Crippen molar-refractivity contribution in [3.8, 4) is 0 Å². The van der Waals surface area contributed by atoms with Crippen molar-refractivity contribution < 1.29 is 0 Å². The fourth-order valence-corrected chi connectivity index (χ4v) is 2.77. The summed E-state index contributed by atoms with van der Waals surface area (Å²) in [6, 6.07) is 6.21. The van der Waals surface area contributed by atoms with Gasteiger partial charge in [0.1, 0.15) is 0 Å². The van der Waals surface area contributed by atoms with E-state index in [-0.39, 0.29) is 11.7 Å². The Hall–Kier alpha value is -1.53. The molecule has 2 aromatic rings. The van der Waals surface area contributed by atoms with Gasteiger partial charge in [-0.2, -0.15) is 0 Å². The van der Waals surface area contributed by atoms with Crippen LogP contribution in [0.15, 0.2) is 28.2 Å². The molecule has 6 heteroatoms. The van der Waals surface area contributed by atoms with Crippen molar-refractivity contribution in [3.63, 3.8) is 0 Å². The number of rotatable bonds is 4. The van der Waals surface area contributed by atoms with Crippen molar-refractivity contribution in [2.75, 3.05) is 5.75 Å². The number of aromatic amines is 1. The van der Waals surface area contributed by atoms with E-state index >= 15 is 0 Å². The zero-order chi connectivity index (χ0) is 14.0. The number of H-pyrrole nitrogens is 1. The van der Waals surface area contributed by atoms with Crippen molar-refractivity contribution in [2.45, 2.75) is 25.0 Å². The third-order valence-corrected chi connectivity index (χ3v) is 4.21. The fraction of sp³-hybridized carbons (Fsp3) is 0.385. The molecule has 1 heterocycles. The molecular weight excluding hydrogens is 260 g/mol. The molecule has 0 saturated heterocycles. The number of hydrogen-bond donors (Lipinski definition) is 2. The molecule has 0 aliphatic carbocycles. The second kappa shape index (κ2) is 5.63. The molecule has 1 unspecified atom stereocenters. The van der Waals surface area contributed by atoms with Crippen LogP contribution < -0.4 is 11.4 Å². The minimum atomic E-state index is -0.206. The number of aromatic nitrogens is 3. The monoisotopic (exact) mass is 278 g/mol. The number of thioether (sulfide) groups is 1. The maximum atomic E-state index is 11.3. The van der Waals surface area contributed by atoms with E-state index in [2.05, 4.69) is 42.2 Å². The lowest BCUT2D eigenvalue weighted by molar-refractivity contribution is 0.758. The van der Waals surface area contributed by atoms with Gasteiger partial charge in [-0.3, -0.25) is 4.57 Å². The average Bonchev–Trinajstić information content (AvgIpc) is 2.70. The number of nitrogens with one attached hydrogen (secondary N) is 1. The molecule has 0 bridgehead atoms. The molecule has 0 aliphatic heterocycles. The van der Waals surface area contributed by atoms with Crippen LogP contribution in [-0.4, -0.2) is 20.5 Å². The van der Waals surface area contributed by atoms with Gasteiger partial charge in [0.05, 0.1) is 0 Å². The molecule has 0 spiro atoms. The minimum Gasteiger partial charge on any atom is -0.323 e. The fourth-order valence-electron chi connectivity index (χ4n) is 1.88. The van der Waals surface area contributed by atoms with E-state index in [9.17, 15) is 4.79 Å². The van der Waals surface area contributed by atoms with Crippen LogP contribution in [0, 0.1) is 13.8 Å². The van der Waals surface area contributed by atoms with Crippen molar-refractivity contribution in [1.82, 2.24) is 14.8 Å². The predicted molar refractivity (Wildman–Crippen MR) is 77.4 cm³/mol. The number of nitrogens with two attached hydrogens (primary N) is 1. The Kier molecular flexibility index (Phi) is 4.11. The Morgan fingerprint density at radius 3 is 2.84 bits per heavy atom. The highest BCUT2D eigenvalue weighted by Crippen LogP contribution is 2.23. The lowest BCUT2D eigenvalue weighted by atomic mass is 10.0. The summed E-state index contributed by atoms with van der Waals surface area (Å²) < 4.78 is 1.49. The molecule has 0 amide bonds. The van der Waals surface area contributed by atoms with Gasteiger partial charge in [-0.15, -0.1) is 5.10 Å². The van der Waals surface area contributed by atoms with Crippen molar-refractivity contribution in [3.05, 3.63) is 45.4 Å². The van der Waals surface area contributed by atoms with Gasteiger partial charge in [0, 0.05) is 18.8 Å². The average molecular weight is 278 g/mol. The first-order chi connectivity index (χ1) is 8.99. The van der Waals surface area contributed by atoms with Gasteiger partial charge in [-0.25, -0.2) is 9.89 Å². The quantitative estimate of drug-likeness (QED) is 0.831. The Balaban J connectivity index is 2.09. The summed E-state index contributed by atoms with van der Waals surface area (Å²) >= 11 is 1.48. The Morgan fingerprint density at radius 1 is 1.47 bits per heavy atom. The third kappa shape index (κ3) is 3.08. The van der Waals surface area contributed by atoms with E-state index in [4.69, 9.17) is 5.73 Å². The zero-order valence-electron chi connectivity index (χ0n) is 11.3. The first-order valence-electron chi connectivity index (χ1n) is 6.06. The third-order valence-electron chi connectivity index (χ3n) is 3.06. The highest BCUT2D eigenvalue weighted by atomic mass is 32.2. The molecule has 1 aromatic carbocycles. The Labute approximate surface area is 116 Å². The maximum absolute atomic E-state index is 11.3. The van der Waals surface area contributed by atoms with Gasteiger partial charge in [0.25, 0.3) is 0 Å². The summed E-state index contributed by atoms with van der Waals surface area (Å²) in [5.74, 6) is 0.683. The molecule has 1 atom stereocenters. The smallest absolute Gasteiger partial charge is 0.323 e. The number of benzene rings is 1. The SMILES string of the molecule is Cc1ccc(C)c(C(N)CSc2n[nH]c(=O)n2C)c1. The zero-order valence-corrected chi connectivity index (χ0v) is 12.1. The molecule has 102 valence electrons. The summed E-state index contributed by atoms with van der Waals surface area (Å²) in [6.45, 7) is 4.11. The van der Waals surface area contributed by atoms with Crippen LogP contribution in [0.2, 0.25) is 0 Å². The van der Waals surface area contributed by atoms with E-state index in [1.807, 2.05) is 0 Å². The summed E-state index contributed by atoms with van der Waals surface area (Å²) in [7, 11) is 1.69. The number of aryl methyl sites for hydroxylation is 2. The van der Waals surface area contributed by atoms with Gasteiger partial charge in [0.15, 0.2) is 5.16 Å². The van der Waals surface area contributed by atoms with E-state index in [1.165, 1.54) is 27.5 Å². The Morgan fingerprint density at radius 2 is 2.21 bits per heavy atom. The molecule has 2 rings (SSSR count). The van der Waals surface area contributed by atoms with E-state index in [1.54, 1.807) is 7.05 Å². The van der Waals surface area contributed by atoms with Crippen molar-refractivity contribution >= 4 is 11.8 Å². The summed E-state index contributed by atoms with van der Waals surface area (Å²) in [4.78, 5) is 11.3. The molecule has 0 saturated carbocycles. The largest absolute Gasteiger partial charge is 0.343 e. The first-order valence-corrected chi connectivity index (χ1v) is 7.04. The standard InChI is InChI=1S/C13H18N4OS/c1-8-4-5-9(2)10(6-8)11(14)7-19-13-16-15-12(18)17(13)3/h4-6,11H,7,14H2,1-3H3,(H,15,18). The first kappa shape index (κ1) is 13.9. The van der Waals surface area contributed by atoms with Crippen LogP contribution in [0.4, 0.5) is 0 Å². The van der Waals surface area contributed by atoms with E-state index in [0.29, 0.717) is 10.9 Å². The predicted octanol–water partition coefficient (Wildman–Crippen LogP) is 1.52. The maximum Gasteiger partial charge on any atom is 0.343 e. The molecule has 3 N–H and O–H groups in total. The molecular formula is C13H18N4OS. The number of nitrogens with zero attached hydrogens (tertiary/aromatic N) is 2. The summed E-state index contributed by atoms with van der Waals surface area (Å²) in [5.41, 5.74) is 9.56. The van der Waals surface area contributed by atoms with Gasteiger partial charge in [-0.05, 0) is 25.0 Å². The van der Waals surface area contributed by atoms with Gasteiger partial charge in [-0.1, -0.05) is 35.5 Å². The van der Waals surface area contributed by atoms with Crippen molar-refractivity contribution in [1.29, 1.82) is 0 Å². The van der Waals surface area contributed by atoms with Crippen LogP contribution in [0.25, 0.3) is 0 Å². The minimum absolute atomic E-state index is 0.0725. The highest BCUT2D eigenvalue weighted by Gasteiger charge is 2.12. The molecule has 5 nitrogen and oxygen atoms in total. The van der Waals surface area contributed by atoms with Crippen LogP contribution in [0.1, 0.15) is 22.7 Å². The van der Waals surface area contributed by atoms with Crippen LogP contribution in [0.3, 0.4) is 0 Å². The Bertz CT molecular complexity index is 632. The lowest BCUT2D eigenvalue weighted by Crippen LogP contribution is -2.16. The van der Waals surface area contributed by atoms with Crippen LogP contribution >= 0.6 is 11.8 Å². The molecule has 0 fully saturated rings. The topological polar surface area (TPSA) is 76.7 Å². The van der Waals surface area contributed by atoms with Gasteiger partial charge >= 0.3 is 5.69 Å².